The summed E-state index contributed by atoms with van der Waals surface area (Å²) < 4.78 is 8.64. The third kappa shape index (κ3) is 2.77. The van der Waals surface area contributed by atoms with Gasteiger partial charge >= 0.3 is 0 Å². The smallest absolute Gasteiger partial charge is 0.226 e. The summed E-state index contributed by atoms with van der Waals surface area (Å²) in [6.45, 7) is 4.24. The normalized spacial score (nSPS) is 19.0. The second-order valence-electron chi connectivity index (χ2n) is 8.15. The molecular formula is C26H22N4O. The van der Waals surface area contributed by atoms with Crippen LogP contribution in [0.15, 0.2) is 84.7 Å². The quantitative estimate of drug-likeness (QED) is 0.481. The Bertz CT molecular complexity index is 1320. The Morgan fingerprint density at radius 2 is 1.68 bits per heavy atom. The minimum Gasteiger partial charge on any atom is -0.480 e. The van der Waals surface area contributed by atoms with E-state index in [4.69, 9.17) is 4.74 Å². The monoisotopic (exact) mass is 406 g/mol. The van der Waals surface area contributed by atoms with Crippen molar-refractivity contribution in [2.45, 2.75) is 26.0 Å². The molecule has 0 fully saturated rings. The highest BCUT2D eigenvalue weighted by atomic mass is 16.5. The highest BCUT2D eigenvalue weighted by molar-refractivity contribution is 5.85. The molecule has 2 aliphatic rings. The largest absolute Gasteiger partial charge is 0.480 e. The summed E-state index contributed by atoms with van der Waals surface area (Å²) in [7, 11) is 0. The third-order valence-corrected chi connectivity index (χ3v) is 6.19. The number of ether oxygens (including phenoxy) is 1. The van der Waals surface area contributed by atoms with Gasteiger partial charge in [0.25, 0.3) is 0 Å². The first-order chi connectivity index (χ1) is 15.2. The van der Waals surface area contributed by atoms with Gasteiger partial charge in [-0.25, -0.2) is 4.68 Å². The van der Waals surface area contributed by atoms with E-state index in [1.54, 1.807) is 6.33 Å². The van der Waals surface area contributed by atoms with Crippen LogP contribution in [0, 0.1) is 13.8 Å². The molecule has 0 unspecified atom stereocenters. The minimum atomic E-state index is -0.234. The van der Waals surface area contributed by atoms with Gasteiger partial charge in [0.15, 0.2) is 0 Å². The SMILES string of the molecule is Cc1ccc([C@H]2C3=C(Nc4ncnn42)c2ccccc2O[C@H]3c2ccccc2C)cc1. The first-order valence-electron chi connectivity index (χ1n) is 10.5. The number of nitrogens with one attached hydrogen (secondary N) is 1. The van der Waals surface area contributed by atoms with E-state index in [1.165, 1.54) is 11.1 Å². The molecule has 5 nitrogen and oxygen atoms in total. The van der Waals surface area contributed by atoms with Crippen molar-refractivity contribution in [3.63, 3.8) is 0 Å². The van der Waals surface area contributed by atoms with E-state index in [0.29, 0.717) is 0 Å². The van der Waals surface area contributed by atoms with Crippen molar-refractivity contribution in [3.05, 3.63) is 113 Å². The predicted octanol–water partition coefficient (Wildman–Crippen LogP) is 5.45. The number of hydrogen-bond acceptors (Lipinski definition) is 4. The Balaban J connectivity index is 1.65. The van der Waals surface area contributed by atoms with Crippen molar-refractivity contribution in [1.82, 2.24) is 14.8 Å². The molecule has 2 aliphatic heterocycles. The summed E-state index contributed by atoms with van der Waals surface area (Å²) >= 11 is 0. The molecule has 31 heavy (non-hydrogen) atoms. The van der Waals surface area contributed by atoms with Crippen LogP contribution in [0.3, 0.4) is 0 Å². The lowest BCUT2D eigenvalue weighted by molar-refractivity contribution is 0.222. The Hall–Kier alpha value is -3.86. The molecule has 0 spiro atoms. The first kappa shape index (κ1) is 18.0. The molecule has 2 atom stereocenters. The van der Waals surface area contributed by atoms with Crippen LogP contribution in [0.5, 0.6) is 5.75 Å². The zero-order chi connectivity index (χ0) is 20.9. The van der Waals surface area contributed by atoms with Crippen molar-refractivity contribution in [2.24, 2.45) is 0 Å². The summed E-state index contributed by atoms with van der Waals surface area (Å²) in [5.74, 6) is 1.61. The Kier molecular flexibility index (Phi) is 3.96. The van der Waals surface area contributed by atoms with Gasteiger partial charge in [0.05, 0.1) is 5.70 Å². The molecule has 1 aromatic heterocycles. The zero-order valence-corrected chi connectivity index (χ0v) is 17.4. The van der Waals surface area contributed by atoms with E-state index in [9.17, 15) is 0 Å². The van der Waals surface area contributed by atoms with Crippen LogP contribution in [-0.4, -0.2) is 14.8 Å². The molecule has 3 aromatic carbocycles. The summed E-state index contributed by atoms with van der Waals surface area (Å²) in [6, 6.07) is 25.2. The molecule has 4 aromatic rings. The molecule has 0 radical (unpaired) electrons. The van der Waals surface area contributed by atoms with Gasteiger partial charge < -0.3 is 10.1 Å². The zero-order valence-electron chi connectivity index (χ0n) is 17.4. The predicted molar refractivity (Wildman–Crippen MR) is 121 cm³/mol. The number of para-hydroxylation sites is 1. The number of rotatable bonds is 2. The van der Waals surface area contributed by atoms with Crippen molar-refractivity contribution in [2.75, 3.05) is 5.32 Å². The maximum atomic E-state index is 6.68. The Labute approximate surface area is 181 Å². The molecule has 6 rings (SSSR count). The van der Waals surface area contributed by atoms with E-state index in [-0.39, 0.29) is 12.1 Å². The average Bonchev–Trinajstić information content (AvgIpc) is 3.27. The van der Waals surface area contributed by atoms with Gasteiger partial charge in [0, 0.05) is 11.1 Å². The Morgan fingerprint density at radius 3 is 2.52 bits per heavy atom. The molecule has 0 bridgehead atoms. The number of aryl methyl sites for hydroxylation is 2. The molecule has 0 amide bonds. The number of benzene rings is 3. The minimum absolute atomic E-state index is 0.118. The Morgan fingerprint density at radius 1 is 0.903 bits per heavy atom. The standard InChI is InChI=1S/C26H22N4O/c1-16-11-13-18(14-12-16)24-22-23(29-26-27-15-28-30(24)26)20-9-5-6-10-21(20)31-25(22)19-8-4-3-7-17(19)2/h3-15,24-25H,1-2H3,(H,27,28,29)/t24-,25-/m0/s1. The van der Waals surface area contributed by atoms with Crippen molar-refractivity contribution in [3.8, 4) is 5.75 Å². The molecule has 0 saturated carbocycles. The van der Waals surface area contributed by atoms with E-state index < -0.39 is 0 Å². The van der Waals surface area contributed by atoms with Crippen molar-refractivity contribution < 1.29 is 4.74 Å². The molecule has 1 N–H and O–H groups in total. The molecule has 0 aliphatic carbocycles. The van der Waals surface area contributed by atoms with Crippen LogP contribution in [0.2, 0.25) is 0 Å². The van der Waals surface area contributed by atoms with Crippen LogP contribution in [0.1, 0.15) is 40.0 Å². The van der Waals surface area contributed by atoms with E-state index in [0.717, 1.165) is 39.7 Å². The van der Waals surface area contributed by atoms with E-state index in [2.05, 4.69) is 83.8 Å². The van der Waals surface area contributed by atoms with Gasteiger partial charge in [-0.15, -0.1) is 0 Å². The fraction of sp³-hybridized carbons (Fsp3) is 0.154. The average molecular weight is 406 g/mol. The molecule has 3 heterocycles. The lowest BCUT2D eigenvalue weighted by atomic mass is 9.83. The van der Waals surface area contributed by atoms with Crippen LogP contribution >= 0.6 is 0 Å². The maximum absolute atomic E-state index is 6.68. The van der Waals surface area contributed by atoms with Crippen LogP contribution < -0.4 is 10.1 Å². The van der Waals surface area contributed by atoms with Gasteiger partial charge in [0.1, 0.15) is 24.2 Å². The molecular weight excluding hydrogens is 384 g/mol. The summed E-state index contributed by atoms with van der Waals surface area (Å²) in [5.41, 5.74) is 8.00. The molecule has 152 valence electrons. The fourth-order valence-corrected chi connectivity index (χ4v) is 4.63. The highest BCUT2D eigenvalue weighted by Crippen LogP contribution is 2.50. The van der Waals surface area contributed by atoms with Crippen molar-refractivity contribution >= 4 is 11.6 Å². The van der Waals surface area contributed by atoms with Crippen molar-refractivity contribution in [1.29, 1.82) is 0 Å². The molecule has 5 heteroatoms. The lowest BCUT2D eigenvalue weighted by Gasteiger charge is -2.39. The fourth-order valence-electron chi connectivity index (χ4n) is 4.63. The van der Waals surface area contributed by atoms with Crippen LogP contribution in [-0.2, 0) is 0 Å². The number of aromatic nitrogens is 3. The van der Waals surface area contributed by atoms with Crippen LogP contribution in [0.4, 0.5) is 5.95 Å². The van der Waals surface area contributed by atoms with Gasteiger partial charge in [-0.1, -0.05) is 66.2 Å². The number of hydrogen-bond donors (Lipinski definition) is 1. The van der Waals surface area contributed by atoms with E-state index in [1.807, 2.05) is 22.9 Å². The topological polar surface area (TPSA) is 52.0 Å². The second kappa shape index (κ2) is 6.84. The van der Waals surface area contributed by atoms with Gasteiger partial charge in [-0.3, -0.25) is 0 Å². The van der Waals surface area contributed by atoms with Gasteiger partial charge in [-0.2, -0.15) is 10.1 Å². The van der Waals surface area contributed by atoms with Crippen LogP contribution in [0.25, 0.3) is 5.70 Å². The number of nitrogens with zero attached hydrogens (tertiary/aromatic N) is 3. The van der Waals surface area contributed by atoms with E-state index >= 15 is 0 Å². The summed E-state index contributed by atoms with van der Waals surface area (Å²) in [4.78, 5) is 4.50. The molecule has 0 saturated heterocycles. The lowest BCUT2D eigenvalue weighted by Crippen LogP contribution is -2.32. The number of fused-ring (bicyclic) bond motifs is 3. The number of anilines is 1. The summed E-state index contributed by atoms with van der Waals surface area (Å²) in [6.07, 6.45) is 1.37. The maximum Gasteiger partial charge on any atom is 0.226 e. The second-order valence-corrected chi connectivity index (χ2v) is 8.15. The van der Waals surface area contributed by atoms with Gasteiger partial charge in [-0.05, 0) is 42.7 Å². The summed E-state index contributed by atoms with van der Waals surface area (Å²) in [5, 5.41) is 8.14. The van der Waals surface area contributed by atoms with Gasteiger partial charge in [0.2, 0.25) is 5.95 Å². The first-order valence-corrected chi connectivity index (χ1v) is 10.5. The highest BCUT2D eigenvalue weighted by Gasteiger charge is 2.41. The third-order valence-electron chi connectivity index (χ3n) is 6.19.